The molecule has 0 atom stereocenters. The Bertz CT molecular complexity index is 894. The topological polar surface area (TPSA) is 61.1 Å². The molecule has 0 radical (unpaired) electrons. The zero-order valence-corrected chi connectivity index (χ0v) is 17.7. The molecule has 0 saturated carbocycles. The molecule has 5 heteroatoms. The molecule has 0 bridgehead atoms. The molecule has 1 amide bonds. The number of carbonyl (C=O) groups is 1. The van der Waals surface area contributed by atoms with Crippen molar-refractivity contribution in [2.75, 3.05) is 18.0 Å². The van der Waals surface area contributed by atoms with Crippen LogP contribution >= 0.6 is 0 Å². The fourth-order valence-corrected chi connectivity index (χ4v) is 3.38. The first-order chi connectivity index (χ1) is 13.3. The van der Waals surface area contributed by atoms with Crippen LogP contribution in [-0.2, 0) is 4.79 Å². The van der Waals surface area contributed by atoms with Crippen LogP contribution in [0.2, 0.25) is 0 Å². The van der Waals surface area contributed by atoms with Crippen LogP contribution < -0.4 is 10.2 Å². The quantitative estimate of drug-likeness (QED) is 0.575. The van der Waals surface area contributed by atoms with Gasteiger partial charge in [-0.15, -0.1) is 0 Å². The van der Waals surface area contributed by atoms with Gasteiger partial charge in [-0.05, 0) is 83.5 Å². The maximum atomic E-state index is 12.2. The highest BCUT2D eigenvalue weighted by molar-refractivity contribution is 6.02. The highest BCUT2D eigenvalue weighted by Crippen LogP contribution is 2.25. The van der Waals surface area contributed by atoms with Crippen molar-refractivity contribution in [1.82, 2.24) is 9.88 Å². The molecule has 0 spiro atoms. The Kier molecular flexibility index (Phi) is 7.06. The van der Waals surface area contributed by atoms with Crippen LogP contribution in [0.1, 0.15) is 44.6 Å². The molecule has 0 aliphatic carbocycles. The summed E-state index contributed by atoms with van der Waals surface area (Å²) in [7, 11) is 0. The second-order valence-electron chi connectivity index (χ2n) is 7.15. The van der Waals surface area contributed by atoms with Gasteiger partial charge in [-0.2, -0.15) is 5.26 Å². The number of benzene rings is 1. The van der Waals surface area contributed by atoms with Crippen molar-refractivity contribution in [3.8, 4) is 11.8 Å². The molecule has 0 saturated heterocycles. The van der Waals surface area contributed by atoms with Gasteiger partial charge >= 0.3 is 0 Å². The normalized spacial score (nSPS) is 11.4. The van der Waals surface area contributed by atoms with Crippen LogP contribution in [-0.4, -0.2) is 29.6 Å². The van der Waals surface area contributed by atoms with E-state index in [4.69, 9.17) is 0 Å². The molecular weight excluding hydrogens is 348 g/mol. The van der Waals surface area contributed by atoms with Crippen molar-refractivity contribution in [3.05, 3.63) is 52.9 Å². The molecule has 1 aromatic carbocycles. The lowest BCUT2D eigenvalue weighted by Gasteiger charge is -2.21. The van der Waals surface area contributed by atoms with Crippen molar-refractivity contribution in [2.24, 2.45) is 0 Å². The van der Waals surface area contributed by atoms with Crippen molar-refractivity contribution in [3.63, 3.8) is 0 Å². The number of anilines is 1. The second kappa shape index (κ2) is 9.27. The van der Waals surface area contributed by atoms with Crippen LogP contribution in [0.3, 0.4) is 0 Å². The predicted octanol–water partition coefficient (Wildman–Crippen LogP) is 4.37. The maximum Gasteiger partial charge on any atom is 0.262 e. The molecule has 2 rings (SSSR count). The van der Waals surface area contributed by atoms with Crippen LogP contribution in [0, 0.1) is 25.2 Å². The highest BCUT2D eigenvalue weighted by Gasteiger charge is 2.14. The smallest absolute Gasteiger partial charge is 0.262 e. The lowest BCUT2D eigenvalue weighted by atomic mass is 10.1. The van der Waals surface area contributed by atoms with Crippen molar-refractivity contribution in [1.29, 1.82) is 5.26 Å². The number of nitriles is 1. The van der Waals surface area contributed by atoms with Gasteiger partial charge in [-0.3, -0.25) is 4.79 Å². The van der Waals surface area contributed by atoms with Crippen molar-refractivity contribution >= 4 is 17.7 Å². The minimum Gasteiger partial charge on any atom is -0.372 e. The maximum absolute atomic E-state index is 12.2. The zero-order chi connectivity index (χ0) is 20.8. The molecular formula is C23H30N4O. The van der Waals surface area contributed by atoms with E-state index in [2.05, 4.69) is 52.9 Å². The predicted molar refractivity (Wildman–Crippen MR) is 116 cm³/mol. The summed E-state index contributed by atoms with van der Waals surface area (Å²) in [5.41, 5.74) is 5.31. The number of rotatable bonds is 7. The van der Waals surface area contributed by atoms with E-state index in [9.17, 15) is 10.1 Å². The molecule has 0 aliphatic heterocycles. The van der Waals surface area contributed by atoms with E-state index >= 15 is 0 Å². The molecule has 1 heterocycles. The van der Waals surface area contributed by atoms with E-state index in [1.807, 2.05) is 39.8 Å². The van der Waals surface area contributed by atoms with Gasteiger partial charge in [0.15, 0.2) is 0 Å². The third-order valence-corrected chi connectivity index (χ3v) is 4.79. The van der Waals surface area contributed by atoms with Crippen LogP contribution in [0.5, 0.6) is 0 Å². The number of nitrogens with zero attached hydrogens (tertiary/aromatic N) is 3. The average molecular weight is 379 g/mol. The lowest BCUT2D eigenvalue weighted by Crippen LogP contribution is -2.30. The molecule has 28 heavy (non-hydrogen) atoms. The molecule has 0 aliphatic rings. The fourth-order valence-electron chi connectivity index (χ4n) is 3.38. The third kappa shape index (κ3) is 4.64. The Morgan fingerprint density at radius 3 is 2.32 bits per heavy atom. The Hall–Kier alpha value is -3.00. The largest absolute Gasteiger partial charge is 0.372 e. The Balaban J connectivity index is 2.40. The summed E-state index contributed by atoms with van der Waals surface area (Å²) in [6, 6.07) is 12.5. The Morgan fingerprint density at radius 1 is 1.21 bits per heavy atom. The summed E-state index contributed by atoms with van der Waals surface area (Å²) < 4.78 is 2.15. The molecule has 2 aromatic rings. The molecule has 148 valence electrons. The first-order valence-corrected chi connectivity index (χ1v) is 9.79. The summed E-state index contributed by atoms with van der Waals surface area (Å²) >= 11 is 0. The average Bonchev–Trinajstić information content (AvgIpc) is 2.94. The monoisotopic (exact) mass is 378 g/mol. The summed E-state index contributed by atoms with van der Waals surface area (Å²) in [6.45, 7) is 14.0. The van der Waals surface area contributed by atoms with E-state index < -0.39 is 0 Å². The van der Waals surface area contributed by atoms with E-state index in [0.717, 1.165) is 35.7 Å². The number of nitrogens with one attached hydrogen (secondary N) is 1. The molecule has 1 aromatic heterocycles. The molecule has 5 nitrogen and oxygen atoms in total. The number of aryl methyl sites for hydroxylation is 1. The summed E-state index contributed by atoms with van der Waals surface area (Å²) in [5.74, 6) is -0.342. The molecule has 0 unspecified atom stereocenters. The van der Waals surface area contributed by atoms with Crippen LogP contribution in [0.25, 0.3) is 11.8 Å². The SMILES string of the molecule is CCN(CC)c1ccc(-n2c(C)cc(/C=C(/C#N)C(=O)NC(C)C)c2C)cc1. The fraction of sp³-hybridized carbons (Fsp3) is 0.391. The van der Waals surface area contributed by atoms with Crippen molar-refractivity contribution < 1.29 is 4.79 Å². The number of hydrogen-bond donors (Lipinski definition) is 1. The first kappa shape index (κ1) is 21.3. The van der Waals surface area contributed by atoms with Gasteiger partial charge in [0.1, 0.15) is 11.6 Å². The number of aromatic nitrogens is 1. The van der Waals surface area contributed by atoms with Gasteiger partial charge in [0.2, 0.25) is 0 Å². The number of amides is 1. The van der Waals surface area contributed by atoms with Gasteiger partial charge in [-0.25, -0.2) is 0 Å². The van der Waals surface area contributed by atoms with E-state index in [-0.39, 0.29) is 17.5 Å². The minimum absolute atomic E-state index is 0.0130. The Labute approximate surface area is 168 Å². The van der Waals surface area contributed by atoms with Gasteiger partial charge in [-0.1, -0.05) is 0 Å². The minimum atomic E-state index is -0.342. The molecule has 0 fully saturated rings. The summed E-state index contributed by atoms with van der Waals surface area (Å²) in [6.07, 6.45) is 1.67. The van der Waals surface area contributed by atoms with Gasteiger partial charge < -0.3 is 14.8 Å². The van der Waals surface area contributed by atoms with Crippen molar-refractivity contribution in [2.45, 2.75) is 47.6 Å². The number of hydrogen-bond acceptors (Lipinski definition) is 3. The second-order valence-corrected chi connectivity index (χ2v) is 7.15. The summed E-state index contributed by atoms with van der Waals surface area (Å²) in [4.78, 5) is 14.5. The van der Waals surface area contributed by atoms with Gasteiger partial charge in [0.05, 0.1) is 0 Å². The first-order valence-electron chi connectivity index (χ1n) is 9.79. The lowest BCUT2D eigenvalue weighted by molar-refractivity contribution is -0.117. The van der Waals surface area contributed by atoms with E-state index in [0.29, 0.717) is 0 Å². The highest BCUT2D eigenvalue weighted by atomic mass is 16.1. The van der Waals surface area contributed by atoms with Gasteiger partial charge in [0.25, 0.3) is 5.91 Å². The number of carbonyl (C=O) groups excluding carboxylic acids is 1. The Morgan fingerprint density at radius 2 is 1.82 bits per heavy atom. The van der Waals surface area contributed by atoms with E-state index in [1.165, 1.54) is 5.69 Å². The zero-order valence-electron chi connectivity index (χ0n) is 17.7. The van der Waals surface area contributed by atoms with Crippen LogP contribution in [0.4, 0.5) is 5.69 Å². The summed E-state index contributed by atoms with van der Waals surface area (Å²) in [5, 5.41) is 12.2. The standard InChI is InChI=1S/C23H30N4O/c1-7-26(8-2)21-9-11-22(12-10-21)27-17(5)13-19(18(27)6)14-20(15-24)23(28)25-16(3)4/h9-14,16H,7-8H2,1-6H3,(H,25,28)/b20-14-. The third-order valence-electron chi connectivity index (χ3n) is 4.79. The van der Waals surface area contributed by atoms with Crippen LogP contribution in [0.15, 0.2) is 35.9 Å². The molecule has 1 N–H and O–H groups in total. The van der Waals surface area contributed by atoms with Gasteiger partial charge in [0, 0.05) is 41.9 Å². The van der Waals surface area contributed by atoms with E-state index in [1.54, 1.807) is 6.08 Å².